The molecule has 1 aromatic carbocycles. The molecular formula is C15H20FNO2. The molecular weight excluding hydrogens is 245 g/mol. The maximum Gasteiger partial charge on any atom is 0.223 e. The summed E-state index contributed by atoms with van der Waals surface area (Å²) in [5.41, 5.74) is 0. The summed E-state index contributed by atoms with van der Waals surface area (Å²) in [4.78, 5) is 11.5. The number of unbranched alkanes of at least 4 members (excludes halogenated alkanes) is 1. The first kappa shape index (κ1) is 13.8. The molecule has 2 atom stereocenters. The molecule has 1 saturated carbocycles. The first-order valence-corrected chi connectivity index (χ1v) is 6.83. The average Bonchev–Trinajstić information content (AvgIpc) is 3.13. The molecule has 1 aromatic rings. The molecule has 1 amide bonds. The first-order valence-electron chi connectivity index (χ1n) is 6.83. The van der Waals surface area contributed by atoms with Crippen LogP contribution in [0.3, 0.4) is 0 Å². The molecule has 0 bridgehead atoms. The van der Waals surface area contributed by atoms with Crippen LogP contribution in [-0.2, 0) is 4.79 Å². The minimum Gasteiger partial charge on any atom is -0.494 e. The van der Waals surface area contributed by atoms with E-state index in [1.165, 1.54) is 12.1 Å². The van der Waals surface area contributed by atoms with Crippen LogP contribution in [0.1, 0.15) is 26.2 Å². The third kappa shape index (κ3) is 4.54. The molecule has 4 heteroatoms. The molecule has 19 heavy (non-hydrogen) atoms. The Hall–Kier alpha value is -1.58. The zero-order valence-corrected chi connectivity index (χ0v) is 11.2. The maximum absolute atomic E-state index is 12.7. The second-order valence-corrected chi connectivity index (χ2v) is 5.12. The van der Waals surface area contributed by atoms with E-state index < -0.39 is 0 Å². The van der Waals surface area contributed by atoms with Gasteiger partial charge in [-0.05, 0) is 49.4 Å². The monoisotopic (exact) mass is 265 g/mol. The van der Waals surface area contributed by atoms with Crippen molar-refractivity contribution in [1.82, 2.24) is 5.32 Å². The topological polar surface area (TPSA) is 38.3 Å². The molecule has 104 valence electrons. The van der Waals surface area contributed by atoms with Crippen LogP contribution in [0.4, 0.5) is 4.39 Å². The predicted molar refractivity (Wildman–Crippen MR) is 71.4 cm³/mol. The lowest BCUT2D eigenvalue weighted by molar-refractivity contribution is -0.122. The Morgan fingerprint density at radius 2 is 2.05 bits per heavy atom. The molecule has 2 unspecified atom stereocenters. The number of rotatable bonds is 7. The van der Waals surface area contributed by atoms with Crippen LogP contribution < -0.4 is 10.1 Å². The van der Waals surface area contributed by atoms with Crippen LogP contribution in [0.25, 0.3) is 0 Å². The van der Waals surface area contributed by atoms with Gasteiger partial charge >= 0.3 is 0 Å². The summed E-state index contributed by atoms with van der Waals surface area (Å²) in [5, 5.41) is 2.94. The Morgan fingerprint density at radius 3 is 2.68 bits per heavy atom. The lowest BCUT2D eigenvalue weighted by Gasteiger charge is -2.07. The molecule has 3 nitrogen and oxygen atoms in total. The summed E-state index contributed by atoms with van der Waals surface area (Å²) in [5.74, 6) is 1.41. The maximum atomic E-state index is 12.7. The van der Waals surface area contributed by atoms with E-state index in [0.717, 1.165) is 19.3 Å². The minimum absolute atomic E-state index is 0.187. The van der Waals surface area contributed by atoms with E-state index in [1.54, 1.807) is 12.1 Å². The largest absolute Gasteiger partial charge is 0.494 e. The number of nitrogens with one attached hydrogen (secondary N) is 1. The van der Waals surface area contributed by atoms with Gasteiger partial charge in [-0.25, -0.2) is 4.39 Å². The zero-order valence-electron chi connectivity index (χ0n) is 11.2. The second-order valence-electron chi connectivity index (χ2n) is 5.12. The van der Waals surface area contributed by atoms with Crippen LogP contribution in [0.15, 0.2) is 24.3 Å². The van der Waals surface area contributed by atoms with Gasteiger partial charge in [0.15, 0.2) is 0 Å². The van der Waals surface area contributed by atoms with Gasteiger partial charge in [0.25, 0.3) is 0 Å². The number of halogens is 1. The number of hydrogen-bond donors (Lipinski definition) is 1. The summed E-state index contributed by atoms with van der Waals surface area (Å²) in [6.07, 6.45) is 2.80. The highest BCUT2D eigenvalue weighted by molar-refractivity contribution is 5.81. The standard InChI is InChI=1S/C15H20FNO2/c1-11-10-14(11)15(18)17-8-2-3-9-19-13-6-4-12(16)5-7-13/h4-7,11,14H,2-3,8-10H2,1H3,(H,17,18). The summed E-state index contributed by atoms with van der Waals surface area (Å²) in [6, 6.07) is 6.00. The van der Waals surface area contributed by atoms with Gasteiger partial charge in [0.05, 0.1) is 6.61 Å². The van der Waals surface area contributed by atoms with E-state index in [-0.39, 0.29) is 17.6 Å². The fourth-order valence-corrected chi connectivity index (χ4v) is 1.98. The number of carbonyl (C=O) groups is 1. The van der Waals surface area contributed by atoms with Crippen molar-refractivity contribution in [2.45, 2.75) is 26.2 Å². The minimum atomic E-state index is -0.260. The van der Waals surface area contributed by atoms with E-state index in [2.05, 4.69) is 12.2 Å². The number of ether oxygens (including phenoxy) is 1. The lowest BCUT2D eigenvalue weighted by Crippen LogP contribution is -2.26. The lowest BCUT2D eigenvalue weighted by atomic mass is 10.3. The van der Waals surface area contributed by atoms with Crippen molar-refractivity contribution in [3.05, 3.63) is 30.1 Å². The fraction of sp³-hybridized carbons (Fsp3) is 0.533. The Labute approximate surface area is 113 Å². The molecule has 0 aromatic heterocycles. The average molecular weight is 265 g/mol. The van der Waals surface area contributed by atoms with Gasteiger partial charge in [-0.1, -0.05) is 6.92 Å². The quantitative estimate of drug-likeness (QED) is 0.770. The number of carbonyl (C=O) groups excluding carboxylic acids is 1. The summed E-state index contributed by atoms with van der Waals surface area (Å²) in [6.45, 7) is 3.39. The molecule has 1 aliphatic carbocycles. The fourth-order valence-electron chi connectivity index (χ4n) is 1.98. The summed E-state index contributed by atoms with van der Waals surface area (Å²) in [7, 11) is 0. The number of amides is 1. The second kappa shape index (κ2) is 6.55. The van der Waals surface area contributed by atoms with Gasteiger partial charge in [0.1, 0.15) is 11.6 Å². The van der Waals surface area contributed by atoms with Gasteiger partial charge < -0.3 is 10.1 Å². The van der Waals surface area contributed by atoms with Crippen LogP contribution in [0, 0.1) is 17.7 Å². The number of hydrogen-bond acceptors (Lipinski definition) is 2. The van der Waals surface area contributed by atoms with E-state index in [1.807, 2.05) is 0 Å². The van der Waals surface area contributed by atoms with Gasteiger partial charge in [0, 0.05) is 12.5 Å². The van der Waals surface area contributed by atoms with E-state index in [4.69, 9.17) is 4.74 Å². The Morgan fingerprint density at radius 1 is 1.37 bits per heavy atom. The molecule has 1 fully saturated rings. The van der Waals surface area contributed by atoms with Gasteiger partial charge in [-0.15, -0.1) is 0 Å². The Balaban J connectivity index is 1.50. The molecule has 0 spiro atoms. The van der Waals surface area contributed by atoms with Crippen LogP contribution >= 0.6 is 0 Å². The van der Waals surface area contributed by atoms with Gasteiger partial charge in [-0.3, -0.25) is 4.79 Å². The van der Waals surface area contributed by atoms with Crippen molar-refractivity contribution in [1.29, 1.82) is 0 Å². The van der Waals surface area contributed by atoms with Crippen molar-refractivity contribution in [3.8, 4) is 5.75 Å². The van der Waals surface area contributed by atoms with E-state index >= 15 is 0 Å². The highest BCUT2D eigenvalue weighted by atomic mass is 19.1. The molecule has 1 N–H and O–H groups in total. The molecule has 2 rings (SSSR count). The van der Waals surface area contributed by atoms with Crippen molar-refractivity contribution in [2.24, 2.45) is 11.8 Å². The van der Waals surface area contributed by atoms with E-state index in [0.29, 0.717) is 24.8 Å². The zero-order chi connectivity index (χ0) is 13.7. The number of benzene rings is 1. The van der Waals surface area contributed by atoms with Crippen molar-refractivity contribution < 1.29 is 13.9 Å². The van der Waals surface area contributed by atoms with Crippen molar-refractivity contribution >= 4 is 5.91 Å². The normalized spacial score (nSPS) is 20.9. The Kier molecular flexibility index (Phi) is 4.77. The molecule has 0 radical (unpaired) electrons. The third-order valence-corrected chi connectivity index (χ3v) is 3.40. The highest BCUT2D eigenvalue weighted by Gasteiger charge is 2.38. The van der Waals surface area contributed by atoms with E-state index in [9.17, 15) is 9.18 Å². The molecule has 0 heterocycles. The van der Waals surface area contributed by atoms with Gasteiger partial charge in [0.2, 0.25) is 5.91 Å². The van der Waals surface area contributed by atoms with Crippen molar-refractivity contribution in [2.75, 3.05) is 13.2 Å². The molecule has 1 aliphatic rings. The molecule has 0 saturated heterocycles. The highest BCUT2D eigenvalue weighted by Crippen LogP contribution is 2.37. The predicted octanol–water partition coefficient (Wildman–Crippen LogP) is 2.76. The third-order valence-electron chi connectivity index (χ3n) is 3.40. The SMILES string of the molecule is CC1CC1C(=O)NCCCCOc1ccc(F)cc1. The first-order chi connectivity index (χ1) is 9.16. The van der Waals surface area contributed by atoms with Crippen LogP contribution in [0.2, 0.25) is 0 Å². The van der Waals surface area contributed by atoms with Crippen molar-refractivity contribution in [3.63, 3.8) is 0 Å². The van der Waals surface area contributed by atoms with Crippen LogP contribution in [0.5, 0.6) is 5.75 Å². The van der Waals surface area contributed by atoms with Crippen LogP contribution in [-0.4, -0.2) is 19.1 Å². The Bertz CT molecular complexity index is 419. The smallest absolute Gasteiger partial charge is 0.223 e. The van der Waals surface area contributed by atoms with Gasteiger partial charge in [-0.2, -0.15) is 0 Å². The summed E-state index contributed by atoms with van der Waals surface area (Å²) >= 11 is 0. The summed E-state index contributed by atoms with van der Waals surface area (Å²) < 4.78 is 18.1. The molecule has 0 aliphatic heterocycles.